The van der Waals surface area contributed by atoms with E-state index in [1.807, 2.05) is 30.3 Å². The highest BCUT2D eigenvalue weighted by atomic mass is 16.5. The number of carbonyl (C=O) groups is 2. The van der Waals surface area contributed by atoms with Crippen LogP contribution in [0.2, 0.25) is 0 Å². The van der Waals surface area contributed by atoms with Crippen LogP contribution in [0, 0.1) is 0 Å². The van der Waals surface area contributed by atoms with Gasteiger partial charge in [-0.3, -0.25) is 9.59 Å². The van der Waals surface area contributed by atoms with Crippen molar-refractivity contribution in [3.63, 3.8) is 0 Å². The smallest absolute Gasteiger partial charge is 0.271 e. The molecule has 31 heavy (non-hydrogen) atoms. The molecule has 0 saturated heterocycles. The molecule has 0 aromatic heterocycles. The highest BCUT2D eigenvalue weighted by Crippen LogP contribution is 2.27. The molecule has 0 bridgehead atoms. The number of rotatable bonds is 7. The minimum atomic E-state index is -0.381. The summed E-state index contributed by atoms with van der Waals surface area (Å²) in [6.45, 7) is 1.77. The summed E-state index contributed by atoms with van der Waals surface area (Å²) in [5, 5.41) is 7.04. The Morgan fingerprint density at radius 1 is 0.742 bits per heavy atom. The highest BCUT2D eigenvalue weighted by molar-refractivity contribution is 6.06. The van der Waals surface area contributed by atoms with Crippen LogP contribution in [-0.4, -0.2) is 31.7 Å². The number of hydrogen-bond donors (Lipinski definition) is 2. The number of methoxy groups -OCH3 is 2. The van der Waals surface area contributed by atoms with Crippen LogP contribution in [0.3, 0.4) is 0 Å². The van der Waals surface area contributed by atoms with Gasteiger partial charge in [0.2, 0.25) is 0 Å². The molecule has 2 N–H and O–H groups in total. The third-order valence-corrected chi connectivity index (χ3v) is 4.55. The highest BCUT2D eigenvalue weighted by Gasteiger charge is 2.11. The van der Waals surface area contributed by atoms with E-state index < -0.39 is 0 Å². The summed E-state index contributed by atoms with van der Waals surface area (Å²) >= 11 is 0. The van der Waals surface area contributed by atoms with Crippen molar-refractivity contribution in [3.05, 3.63) is 89.5 Å². The van der Waals surface area contributed by atoms with Gasteiger partial charge in [-0.15, -0.1) is 0 Å². The molecule has 0 heterocycles. The number of ether oxygens (including phenoxy) is 2. The van der Waals surface area contributed by atoms with Crippen LogP contribution in [0.5, 0.6) is 11.5 Å². The van der Waals surface area contributed by atoms with E-state index in [9.17, 15) is 9.59 Å². The fourth-order valence-corrected chi connectivity index (χ4v) is 2.86. The minimum absolute atomic E-state index is 0.200. The summed E-state index contributed by atoms with van der Waals surface area (Å²) in [6, 6.07) is 21.1. The average molecular weight is 417 g/mol. The zero-order valence-corrected chi connectivity index (χ0v) is 17.5. The molecule has 3 rings (SSSR count). The van der Waals surface area contributed by atoms with Gasteiger partial charge in [-0.2, -0.15) is 5.10 Å². The summed E-state index contributed by atoms with van der Waals surface area (Å²) < 4.78 is 10.4. The first-order valence-corrected chi connectivity index (χ1v) is 9.55. The molecule has 3 aromatic rings. The largest absolute Gasteiger partial charge is 0.493 e. The van der Waals surface area contributed by atoms with Crippen molar-refractivity contribution >= 4 is 23.2 Å². The number of anilines is 1. The number of hydrogen-bond acceptors (Lipinski definition) is 5. The van der Waals surface area contributed by atoms with E-state index in [1.165, 1.54) is 14.2 Å². The van der Waals surface area contributed by atoms with Crippen molar-refractivity contribution in [2.75, 3.05) is 19.5 Å². The third-order valence-electron chi connectivity index (χ3n) is 4.55. The Morgan fingerprint density at radius 2 is 1.45 bits per heavy atom. The molecule has 7 nitrogen and oxygen atoms in total. The van der Waals surface area contributed by atoms with E-state index in [-0.39, 0.29) is 11.8 Å². The maximum absolute atomic E-state index is 12.4. The van der Waals surface area contributed by atoms with Crippen LogP contribution >= 0.6 is 0 Å². The van der Waals surface area contributed by atoms with Gasteiger partial charge in [0, 0.05) is 16.8 Å². The van der Waals surface area contributed by atoms with Gasteiger partial charge in [0.05, 0.1) is 19.9 Å². The number of hydrazone groups is 1. The van der Waals surface area contributed by atoms with Crippen LogP contribution in [-0.2, 0) is 0 Å². The zero-order chi connectivity index (χ0) is 22.2. The van der Waals surface area contributed by atoms with Gasteiger partial charge >= 0.3 is 0 Å². The summed E-state index contributed by atoms with van der Waals surface area (Å²) in [7, 11) is 3.03. The van der Waals surface area contributed by atoms with Crippen molar-refractivity contribution in [2.45, 2.75) is 6.92 Å². The average Bonchev–Trinajstić information content (AvgIpc) is 2.82. The molecule has 0 spiro atoms. The first kappa shape index (κ1) is 21.6. The van der Waals surface area contributed by atoms with Crippen molar-refractivity contribution in [3.8, 4) is 11.5 Å². The Labute approximate surface area is 180 Å². The van der Waals surface area contributed by atoms with Crippen LogP contribution in [0.4, 0.5) is 5.69 Å². The number of nitrogens with zero attached hydrogens (tertiary/aromatic N) is 1. The lowest BCUT2D eigenvalue weighted by molar-refractivity contribution is 0.0953. The van der Waals surface area contributed by atoms with Crippen LogP contribution < -0.4 is 20.2 Å². The van der Waals surface area contributed by atoms with Gasteiger partial charge in [-0.1, -0.05) is 30.3 Å². The molecule has 0 aliphatic carbocycles. The monoisotopic (exact) mass is 417 g/mol. The van der Waals surface area contributed by atoms with E-state index >= 15 is 0 Å². The second-order valence-electron chi connectivity index (χ2n) is 6.61. The van der Waals surface area contributed by atoms with Crippen molar-refractivity contribution < 1.29 is 19.1 Å². The molecule has 2 amide bonds. The number of carbonyl (C=O) groups excluding carboxylic acids is 2. The van der Waals surface area contributed by atoms with Gasteiger partial charge < -0.3 is 14.8 Å². The van der Waals surface area contributed by atoms with Gasteiger partial charge in [0.1, 0.15) is 0 Å². The molecule has 0 fully saturated rings. The molecule has 0 aliphatic heterocycles. The minimum Gasteiger partial charge on any atom is -0.493 e. The Hall–Kier alpha value is -4.13. The number of benzene rings is 3. The molecule has 0 unspecified atom stereocenters. The summed E-state index contributed by atoms with van der Waals surface area (Å²) in [6.07, 6.45) is 0. The van der Waals surface area contributed by atoms with Crippen molar-refractivity contribution in [1.29, 1.82) is 0 Å². The summed E-state index contributed by atoms with van der Waals surface area (Å²) in [5.41, 5.74) is 5.48. The molecule has 7 heteroatoms. The van der Waals surface area contributed by atoms with Crippen LogP contribution in [0.1, 0.15) is 33.2 Å². The van der Waals surface area contributed by atoms with E-state index in [4.69, 9.17) is 9.47 Å². The molecular weight excluding hydrogens is 394 g/mol. The zero-order valence-electron chi connectivity index (χ0n) is 17.5. The van der Waals surface area contributed by atoms with Crippen molar-refractivity contribution in [2.24, 2.45) is 5.10 Å². The van der Waals surface area contributed by atoms with E-state index in [2.05, 4.69) is 15.8 Å². The predicted octanol–water partition coefficient (Wildman–Crippen LogP) is 4.11. The predicted molar refractivity (Wildman–Crippen MR) is 120 cm³/mol. The van der Waals surface area contributed by atoms with Gasteiger partial charge in [0.25, 0.3) is 11.8 Å². The number of nitrogens with one attached hydrogen (secondary N) is 2. The molecule has 0 aliphatic rings. The van der Waals surface area contributed by atoms with E-state index in [0.717, 1.165) is 5.56 Å². The lowest BCUT2D eigenvalue weighted by Gasteiger charge is -2.09. The summed E-state index contributed by atoms with van der Waals surface area (Å²) in [4.78, 5) is 24.8. The lowest BCUT2D eigenvalue weighted by atomic mass is 10.1. The molecular formula is C24H23N3O4. The summed E-state index contributed by atoms with van der Waals surface area (Å²) in [5.74, 6) is 0.411. The van der Waals surface area contributed by atoms with Crippen LogP contribution in [0.15, 0.2) is 77.9 Å². The standard InChI is InChI=1S/C24H23N3O4/c1-16(26-27-24(29)19-12-13-21(30-2)22(15-19)31-3)18-10-7-11-20(14-18)25-23(28)17-8-5-4-6-9-17/h4-15H,1-3H3,(H,25,28)(H,27,29)/b26-16-. The molecule has 0 atom stereocenters. The molecule has 0 saturated carbocycles. The fraction of sp³-hybridized carbons (Fsp3) is 0.125. The molecule has 3 aromatic carbocycles. The SMILES string of the molecule is COc1ccc(C(=O)N/N=C(/C)c2cccc(NC(=O)c3ccccc3)c2)cc1OC. The lowest BCUT2D eigenvalue weighted by Crippen LogP contribution is -2.19. The fourth-order valence-electron chi connectivity index (χ4n) is 2.86. The maximum Gasteiger partial charge on any atom is 0.271 e. The Bertz CT molecular complexity index is 1110. The van der Waals surface area contributed by atoms with Crippen LogP contribution in [0.25, 0.3) is 0 Å². The van der Waals surface area contributed by atoms with Gasteiger partial charge in [-0.25, -0.2) is 5.43 Å². The van der Waals surface area contributed by atoms with Crippen molar-refractivity contribution in [1.82, 2.24) is 5.43 Å². The Kier molecular flexibility index (Phi) is 7.01. The normalized spacial score (nSPS) is 10.9. The van der Waals surface area contributed by atoms with Gasteiger partial charge in [0.15, 0.2) is 11.5 Å². The Balaban J connectivity index is 1.70. The second-order valence-corrected chi connectivity index (χ2v) is 6.61. The third kappa shape index (κ3) is 5.48. The second kappa shape index (κ2) is 10.1. The molecule has 0 radical (unpaired) electrons. The van der Waals surface area contributed by atoms with Gasteiger partial charge in [-0.05, 0) is 55.0 Å². The van der Waals surface area contributed by atoms with E-state index in [1.54, 1.807) is 49.4 Å². The number of amides is 2. The van der Waals surface area contributed by atoms with E-state index in [0.29, 0.717) is 34.0 Å². The molecule has 158 valence electrons. The first-order chi connectivity index (χ1) is 15.0. The quantitative estimate of drug-likeness (QED) is 0.447. The maximum atomic E-state index is 12.4. The first-order valence-electron chi connectivity index (χ1n) is 9.55. The Morgan fingerprint density at radius 3 is 2.16 bits per heavy atom. The topological polar surface area (TPSA) is 89.0 Å².